The number of hydrogen-bond acceptors (Lipinski definition) is 2. The number of fused-ring (bicyclic) bond motifs is 5. The zero-order valence-electron chi connectivity index (χ0n) is 31.2. The Morgan fingerprint density at radius 3 is 1.56 bits per heavy atom. The number of para-hydroxylation sites is 2. The molecule has 1 aliphatic rings. The summed E-state index contributed by atoms with van der Waals surface area (Å²) in [5.41, 5.74) is 5.81. The second-order valence-electron chi connectivity index (χ2n) is 14.8. The van der Waals surface area contributed by atoms with Crippen LogP contribution in [0.5, 0.6) is 11.5 Å². The normalized spacial score (nSPS) is 12.8. The van der Waals surface area contributed by atoms with Gasteiger partial charge in [-0.25, -0.2) is 0 Å². The van der Waals surface area contributed by atoms with Crippen molar-refractivity contribution < 1.29 is 4.74 Å². The molecule has 57 heavy (non-hydrogen) atoms. The van der Waals surface area contributed by atoms with Gasteiger partial charge in [0.15, 0.2) is 8.07 Å². The van der Waals surface area contributed by atoms with Crippen LogP contribution in [0.15, 0.2) is 224 Å². The summed E-state index contributed by atoms with van der Waals surface area (Å²) < 4.78 is 6.70. The zero-order valence-corrected chi connectivity index (χ0v) is 32.2. The van der Waals surface area contributed by atoms with Crippen LogP contribution in [-0.4, -0.2) is 8.07 Å². The maximum atomic E-state index is 6.70. The first-order chi connectivity index (χ1) is 28.3. The first-order valence-corrected chi connectivity index (χ1v) is 21.6. The summed E-state index contributed by atoms with van der Waals surface area (Å²) in [4.78, 5) is 2.46. The van der Waals surface area contributed by atoms with Crippen molar-refractivity contribution in [1.29, 1.82) is 0 Å². The first kappa shape index (κ1) is 33.2. The highest BCUT2D eigenvalue weighted by Gasteiger charge is 2.48. The van der Waals surface area contributed by atoms with Crippen LogP contribution in [-0.2, 0) is 0 Å². The van der Waals surface area contributed by atoms with Crippen LogP contribution in [0.1, 0.15) is 0 Å². The molecule has 1 aliphatic heterocycles. The fourth-order valence-corrected chi connectivity index (χ4v) is 14.5. The van der Waals surface area contributed by atoms with Crippen LogP contribution < -0.4 is 30.4 Å². The predicted octanol–water partition coefficient (Wildman–Crippen LogP) is 11.8. The van der Waals surface area contributed by atoms with Crippen LogP contribution in [0.2, 0.25) is 0 Å². The van der Waals surface area contributed by atoms with Crippen molar-refractivity contribution in [2.24, 2.45) is 0 Å². The van der Waals surface area contributed by atoms with E-state index < -0.39 is 8.07 Å². The van der Waals surface area contributed by atoms with Crippen molar-refractivity contribution in [2.45, 2.75) is 0 Å². The Bertz CT molecular complexity index is 3060. The topological polar surface area (TPSA) is 12.5 Å². The SMILES string of the molecule is c1ccc([Si]2(c3cccc4c(N(c5ccc(-c6cccc7ccccc67)cc5)c5cccc6ccccc56)cccc34)c3ccccc3Oc3ccccc32)cc1. The maximum absolute atomic E-state index is 6.70. The highest BCUT2D eigenvalue weighted by Crippen LogP contribution is 2.43. The Hall–Kier alpha value is -7.20. The second kappa shape index (κ2) is 13.5. The van der Waals surface area contributed by atoms with E-state index in [0.717, 1.165) is 28.6 Å². The number of hydrogen-bond donors (Lipinski definition) is 0. The maximum Gasteiger partial charge on any atom is 0.188 e. The van der Waals surface area contributed by atoms with E-state index in [1.165, 1.54) is 64.2 Å². The molecule has 0 fully saturated rings. The number of ether oxygens (including phenoxy) is 1. The van der Waals surface area contributed by atoms with Crippen molar-refractivity contribution in [2.75, 3.05) is 4.90 Å². The largest absolute Gasteiger partial charge is 0.458 e. The Kier molecular flexibility index (Phi) is 7.87. The molecule has 0 saturated heterocycles. The van der Waals surface area contributed by atoms with E-state index >= 15 is 0 Å². The van der Waals surface area contributed by atoms with Gasteiger partial charge in [0.05, 0.1) is 11.4 Å². The summed E-state index contributed by atoms with van der Waals surface area (Å²) in [5.74, 6) is 1.87. The third kappa shape index (κ3) is 5.24. The molecule has 268 valence electrons. The van der Waals surface area contributed by atoms with Crippen molar-refractivity contribution in [3.63, 3.8) is 0 Å². The van der Waals surface area contributed by atoms with E-state index in [1.54, 1.807) is 0 Å². The summed E-state index contributed by atoms with van der Waals surface area (Å²) in [5, 5.41) is 12.6. The molecule has 0 amide bonds. The minimum Gasteiger partial charge on any atom is -0.458 e. The highest BCUT2D eigenvalue weighted by molar-refractivity contribution is 7.21. The smallest absolute Gasteiger partial charge is 0.188 e. The molecule has 0 atom stereocenters. The van der Waals surface area contributed by atoms with Gasteiger partial charge in [-0.3, -0.25) is 0 Å². The van der Waals surface area contributed by atoms with Gasteiger partial charge in [-0.05, 0) is 89.8 Å². The van der Waals surface area contributed by atoms with Crippen LogP contribution in [0.4, 0.5) is 17.1 Å². The molecule has 10 aromatic carbocycles. The van der Waals surface area contributed by atoms with E-state index in [9.17, 15) is 0 Å². The summed E-state index contributed by atoms with van der Waals surface area (Å²) in [6, 6.07) is 82.0. The third-order valence-electron chi connectivity index (χ3n) is 11.8. The van der Waals surface area contributed by atoms with Gasteiger partial charge in [0.25, 0.3) is 0 Å². The Balaban J connectivity index is 1.18. The third-order valence-corrected chi connectivity index (χ3v) is 16.7. The lowest BCUT2D eigenvalue weighted by molar-refractivity contribution is 0.487. The van der Waals surface area contributed by atoms with Gasteiger partial charge < -0.3 is 9.64 Å². The molecule has 0 radical (unpaired) electrons. The molecular formula is C54H37NOSi. The van der Waals surface area contributed by atoms with Crippen LogP contribution in [0.25, 0.3) is 43.4 Å². The molecule has 3 heteroatoms. The van der Waals surface area contributed by atoms with Crippen molar-refractivity contribution in [3.05, 3.63) is 224 Å². The molecule has 0 bridgehead atoms. The van der Waals surface area contributed by atoms with Crippen LogP contribution in [0.3, 0.4) is 0 Å². The molecule has 0 saturated carbocycles. The zero-order chi connectivity index (χ0) is 37.8. The Morgan fingerprint density at radius 2 is 0.825 bits per heavy atom. The standard InChI is InChI=1S/C54H37NOSi/c1-2-20-42(21-3-1)57(53-31-10-8-29-50(53)56-51-30-9-11-32-54(51)57)52-33-15-25-46-47(52)26-14-28-49(46)55(48-27-13-19-39-17-5-7-23-45(39)48)41-36-34-40(35-37-41)44-24-12-18-38-16-4-6-22-43(38)44/h1-37H. The quantitative estimate of drug-likeness (QED) is 0.157. The lowest BCUT2D eigenvalue weighted by atomic mass is 9.97. The van der Waals surface area contributed by atoms with E-state index in [-0.39, 0.29) is 0 Å². The monoisotopic (exact) mass is 743 g/mol. The van der Waals surface area contributed by atoms with Crippen molar-refractivity contribution in [3.8, 4) is 22.6 Å². The highest BCUT2D eigenvalue weighted by atomic mass is 28.3. The molecule has 0 N–H and O–H groups in total. The number of benzene rings is 10. The van der Waals surface area contributed by atoms with E-state index in [4.69, 9.17) is 4.74 Å². The molecule has 10 aromatic rings. The van der Waals surface area contributed by atoms with Crippen LogP contribution >= 0.6 is 0 Å². The minimum absolute atomic E-state index is 0.934. The Labute approximate surface area is 333 Å². The molecule has 0 spiro atoms. The molecule has 0 aliphatic carbocycles. The van der Waals surface area contributed by atoms with E-state index in [0.29, 0.717) is 0 Å². The fourth-order valence-electron chi connectivity index (χ4n) is 9.33. The lowest BCUT2D eigenvalue weighted by Gasteiger charge is -2.40. The fraction of sp³-hybridized carbons (Fsp3) is 0. The summed E-state index contributed by atoms with van der Waals surface area (Å²) in [6.07, 6.45) is 0. The molecule has 1 heterocycles. The van der Waals surface area contributed by atoms with Crippen molar-refractivity contribution >= 4 is 78.2 Å². The molecule has 11 rings (SSSR count). The molecule has 2 nitrogen and oxygen atoms in total. The number of anilines is 3. The van der Waals surface area contributed by atoms with Gasteiger partial charge in [0.2, 0.25) is 0 Å². The lowest BCUT2D eigenvalue weighted by Crippen LogP contribution is -2.76. The summed E-state index contributed by atoms with van der Waals surface area (Å²) in [7, 11) is -2.91. The van der Waals surface area contributed by atoms with Gasteiger partial charge in [-0.15, -0.1) is 0 Å². The van der Waals surface area contributed by atoms with Gasteiger partial charge in [0.1, 0.15) is 11.5 Å². The van der Waals surface area contributed by atoms with E-state index in [1.807, 2.05) is 0 Å². The predicted molar refractivity (Wildman–Crippen MR) is 243 cm³/mol. The van der Waals surface area contributed by atoms with Gasteiger partial charge >= 0.3 is 0 Å². The molecule has 0 aromatic heterocycles. The van der Waals surface area contributed by atoms with Gasteiger partial charge in [-0.1, -0.05) is 188 Å². The summed E-state index contributed by atoms with van der Waals surface area (Å²) >= 11 is 0. The average molecular weight is 744 g/mol. The molecule has 0 unspecified atom stereocenters. The van der Waals surface area contributed by atoms with Crippen LogP contribution in [0, 0.1) is 0 Å². The van der Waals surface area contributed by atoms with Crippen molar-refractivity contribution in [1.82, 2.24) is 0 Å². The first-order valence-electron chi connectivity index (χ1n) is 19.6. The second-order valence-corrected chi connectivity index (χ2v) is 18.5. The van der Waals surface area contributed by atoms with Gasteiger partial charge in [0, 0.05) is 16.5 Å². The number of nitrogens with zero attached hydrogens (tertiary/aromatic N) is 1. The summed E-state index contributed by atoms with van der Waals surface area (Å²) in [6.45, 7) is 0. The van der Waals surface area contributed by atoms with Gasteiger partial charge in [-0.2, -0.15) is 0 Å². The Morgan fingerprint density at radius 1 is 0.333 bits per heavy atom. The van der Waals surface area contributed by atoms with E-state index in [2.05, 4.69) is 229 Å². The average Bonchev–Trinajstić information content (AvgIpc) is 3.29. The minimum atomic E-state index is -2.91. The molecular weight excluding hydrogens is 707 g/mol. The number of rotatable bonds is 6.